The van der Waals surface area contributed by atoms with Crippen molar-refractivity contribution in [1.29, 1.82) is 0 Å². The number of anilines is 1. The first kappa shape index (κ1) is 22.0. The van der Waals surface area contributed by atoms with Crippen LogP contribution in [0, 0.1) is 5.92 Å². The molecule has 1 aliphatic rings. The number of sulfonamides is 1. The van der Waals surface area contributed by atoms with Gasteiger partial charge >= 0.3 is 0 Å². The molecule has 0 atom stereocenters. The van der Waals surface area contributed by atoms with Crippen molar-refractivity contribution in [1.82, 2.24) is 19.4 Å². The monoisotopic (exact) mass is 433 g/mol. The van der Waals surface area contributed by atoms with Crippen molar-refractivity contribution >= 4 is 27.5 Å². The molecule has 30 heavy (non-hydrogen) atoms. The Kier molecular flexibility index (Phi) is 6.88. The van der Waals surface area contributed by atoms with Crippen molar-refractivity contribution in [3.05, 3.63) is 42.2 Å². The Bertz CT molecular complexity index is 995. The fourth-order valence-corrected chi connectivity index (χ4v) is 4.95. The lowest BCUT2D eigenvalue weighted by atomic mass is 9.97. The lowest BCUT2D eigenvalue weighted by Crippen LogP contribution is -2.41. The van der Waals surface area contributed by atoms with Gasteiger partial charge in [-0.25, -0.2) is 8.42 Å². The van der Waals surface area contributed by atoms with E-state index in [4.69, 9.17) is 0 Å². The normalized spacial score (nSPS) is 15.7. The van der Waals surface area contributed by atoms with Gasteiger partial charge in [-0.1, -0.05) is 25.1 Å². The molecule has 1 aromatic heterocycles. The molecule has 2 N–H and O–H groups in total. The fourth-order valence-electron chi connectivity index (χ4n) is 3.46. The van der Waals surface area contributed by atoms with Crippen LogP contribution in [-0.4, -0.2) is 54.0 Å². The van der Waals surface area contributed by atoms with Gasteiger partial charge in [-0.15, -0.1) is 0 Å². The van der Waals surface area contributed by atoms with Gasteiger partial charge in [-0.05, 0) is 31.4 Å². The summed E-state index contributed by atoms with van der Waals surface area (Å²) in [5.41, 5.74) is 0.649. The summed E-state index contributed by atoms with van der Waals surface area (Å²) in [5, 5.41) is 9.65. The average molecular weight is 434 g/mol. The minimum absolute atomic E-state index is 0.232. The molecule has 1 aliphatic heterocycles. The average Bonchev–Trinajstić information content (AvgIpc) is 3.12. The topological polar surface area (TPSA) is 113 Å². The van der Waals surface area contributed by atoms with Gasteiger partial charge in [0.05, 0.1) is 16.8 Å². The summed E-state index contributed by atoms with van der Waals surface area (Å²) in [4.78, 5) is 25.4. The number of piperidine rings is 1. The molecule has 0 spiro atoms. The fraction of sp³-hybridized carbons (Fsp3) is 0.450. The van der Waals surface area contributed by atoms with E-state index < -0.39 is 10.0 Å². The standard InChI is InChI=1S/C20H27N5O4S/c1-3-11-21-20(27)18-17(14-22-24(18)2)23-19(26)15-9-12-25(13-10-15)30(28,29)16-7-5-4-6-8-16/h4-8,14-15H,3,9-13H2,1-2H3,(H,21,27)(H,23,26). The number of nitrogens with one attached hydrogen (secondary N) is 2. The predicted molar refractivity (Wildman–Crippen MR) is 112 cm³/mol. The molecule has 162 valence electrons. The molecule has 3 rings (SSSR count). The molecule has 1 aromatic carbocycles. The highest BCUT2D eigenvalue weighted by Crippen LogP contribution is 2.25. The van der Waals surface area contributed by atoms with E-state index >= 15 is 0 Å². The maximum absolute atomic E-state index is 12.7. The van der Waals surface area contributed by atoms with E-state index in [9.17, 15) is 18.0 Å². The molecule has 1 saturated heterocycles. The maximum Gasteiger partial charge on any atom is 0.271 e. The summed E-state index contributed by atoms with van der Waals surface area (Å²) in [6.07, 6.45) is 3.08. The number of benzene rings is 1. The lowest BCUT2D eigenvalue weighted by Gasteiger charge is -2.30. The lowest BCUT2D eigenvalue weighted by molar-refractivity contribution is -0.120. The molecule has 0 bridgehead atoms. The van der Waals surface area contributed by atoms with Gasteiger partial charge in [0, 0.05) is 32.6 Å². The molecule has 2 heterocycles. The Morgan fingerprint density at radius 1 is 1.17 bits per heavy atom. The molecule has 9 nitrogen and oxygen atoms in total. The van der Waals surface area contributed by atoms with Crippen LogP contribution < -0.4 is 10.6 Å². The van der Waals surface area contributed by atoms with E-state index in [0.29, 0.717) is 30.8 Å². The third kappa shape index (κ3) is 4.71. The van der Waals surface area contributed by atoms with Gasteiger partial charge in [-0.2, -0.15) is 9.40 Å². The van der Waals surface area contributed by atoms with Gasteiger partial charge in [0.1, 0.15) is 5.69 Å². The first-order valence-electron chi connectivity index (χ1n) is 10.0. The highest BCUT2D eigenvalue weighted by Gasteiger charge is 2.32. The largest absolute Gasteiger partial charge is 0.351 e. The summed E-state index contributed by atoms with van der Waals surface area (Å²) in [6.45, 7) is 3.03. The Balaban J connectivity index is 1.62. The van der Waals surface area contributed by atoms with Crippen LogP contribution >= 0.6 is 0 Å². The summed E-state index contributed by atoms with van der Waals surface area (Å²) in [6, 6.07) is 8.29. The highest BCUT2D eigenvalue weighted by atomic mass is 32.2. The Morgan fingerprint density at radius 2 is 1.83 bits per heavy atom. The number of nitrogens with zero attached hydrogens (tertiary/aromatic N) is 3. The molecule has 0 unspecified atom stereocenters. The van der Waals surface area contributed by atoms with E-state index in [0.717, 1.165) is 6.42 Å². The summed E-state index contributed by atoms with van der Waals surface area (Å²) in [5.74, 6) is -0.862. The van der Waals surface area contributed by atoms with Crippen molar-refractivity contribution in [2.24, 2.45) is 13.0 Å². The highest BCUT2D eigenvalue weighted by molar-refractivity contribution is 7.89. The second kappa shape index (κ2) is 9.40. The van der Waals surface area contributed by atoms with Crippen molar-refractivity contribution in [3.8, 4) is 0 Å². The molecule has 0 saturated carbocycles. The third-order valence-electron chi connectivity index (χ3n) is 5.15. The van der Waals surface area contributed by atoms with Crippen molar-refractivity contribution in [2.45, 2.75) is 31.1 Å². The zero-order valence-corrected chi connectivity index (χ0v) is 18.0. The first-order valence-corrected chi connectivity index (χ1v) is 11.4. The minimum Gasteiger partial charge on any atom is -0.351 e. The van der Waals surface area contributed by atoms with E-state index in [-0.39, 0.29) is 35.7 Å². The van der Waals surface area contributed by atoms with Crippen LogP contribution in [0.4, 0.5) is 5.69 Å². The molecule has 1 fully saturated rings. The van der Waals surface area contributed by atoms with Gasteiger partial charge in [0.15, 0.2) is 0 Å². The second-order valence-electron chi connectivity index (χ2n) is 7.27. The summed E-state index contributed by atoms with van der Waals surface area (Å²) >= 11 is 0. The van der Waals surface area contributed by atoms with E-state index in [1.54, 1.807) is 37.4 Å². The Labute approximate surface area is 176 Å². The predicted octanol–water partition coefficient (Wildman–Crippen LogP) is 1.60. The van der Waals surface area contributed by atoms with Gasteiger partial charge in [-0.3, -0.25) is 14.3 Å². The number of carbonyl (C=O) groups is 2. The maximum atomic E-state index is 12.7. The smallest absolute Gasteiger partial charge is 0.271 e. The van der Waals surface area contributed by atoms with Gasteiger partial charge in [0.2, 0.25) is 15.9 Å². The van der Waals surface area contributed by atoms with Crippen LogP contribution in [0.3, 0.4) is 0 Å². The molecule has 2 aromatic rings. The summed E-state index contributed by atoms with van der Waals surface area (Å²) in [7, 11) is -1.92. The van der Waals surface area contributed by atoms with Crippen LogP contribution in [0.15, 0.2) is 41.4 Å². The molecule has 10 heteroatoms. The van der Waals surface area contributed by atoms with Gasteiger partial charge in [0.25, 0.3) is 5.91 Å². The number of rotatable bonds is 7. The number of hydrogen-bond donors (Lipinski definition) is 2. The summed E-state index contributed by atoms with van der Waals surface area (Å²) < 4.78 is 28.3. The second-order valence-corrected chi connectivity index (χ2v) is 9.20. The molecule has 2 amide bonds. The Morgan fingerprint density at radius 3 is 2.47 bits per heavy atom. The first-order chi connectivity index (χ1) is 14.3. The molecule has 0 radical (unpaired) electrons. The van der Waals surface area contributed by atoms with Crippen LogP contribution in [0.1, 0.15) is 36.7 Å². The van der Waals surface area contributed by atoms with Crippen LogP contribution in [0.25, 0.3) is 0 Å². The van der Waals surface area contributed by atoms with Crippen LogP contribution in [0.2, 0.25) is 0 Å². The minimum atomic E-state index is -3.56. The SMILES string of the molecule is CCCNC(=O)c1c(NC(=O)C2CCN(S(=O)(=O)c3ccccc3)CC2)cnn1C. The van der Waals surface area contributed by atoms with E-state index in [1.165, 1.54) is 15.2 Å². The van der Waals surface area contributed by atoms with Crippen molar-refractivity contribution in [3.63, 3.8) is 0 Å². The van der Waals surface area contributed by atoms with E-state index in [2.05, 4.69) is 15.7 Å². The quantitative estimate of drug-likeness (QED) is 0.689. The third-order valence-corrected chi connectivity index (χ3v) is 7.07. The Hall–Kier alpha value is -2.72. The van der Waals surface area contributed by atoms with E-state index in [1.807, 2.05) is 6.92 Å². The number of hydrogen-bond acceptors (Lipinski definition) is 5. The van der Waals surface area contributed by atoms with Crippen LogP contribution in [0.5, 0.6) is 0 Å². The van der Waals surface area contributed by atoms with Crippen LogP contribution in [-0.2, 0) is 21.9 Å². The van der Waals surface area contributed by atoms with Gasteiger partial charge < -0.3 is 10.6 Å². The number of aryl methyl sites for hydroxylation is 1. The molecular weight excluding hydrogens is 406 g/mol. The van der Waals surface area contributed by atoms with Crippen molar-refractivity contribution < 1.29 is 18.0 Å². The number of amides is 2. The zero-order valence-electron chi connectivity index (χ0n) is 17.2. The molecule has 0 aliphatic carbocycles. The number of carbonyl (C=O) groups excluding carboxylic acids is 2. The molecular formula is C20H27N5O4S. The zero-order chi connectivity index (χ0) is 21.7. The number of aromatic nitrogens is 2. The van der Waals surface area contributed by atoms with Crippen molar-refractivity contribution in [2.75, 3.05) is 25.0 Å².